The molecule has 0 bridgehead atoms. The van der Waals surface area contributed by atoms with E-state index < -0.39 is 0 Å². The standard InChI is InChI=1S/C15H13ClN2O2S/c16-9-4-5-13-10(8-9)11(6-7-21-13)18-15(20)12-2-1-3-14(19)17-12/h1-5,8,11H,6-7H2,(H,17,19)(H,18,20). The molecule has 0 saturated carbocycles. The van der Waals surface area contributed by atoms with Gasteiger partial charge in [-0.15, -0.1) is 11.8 Å². The van der Waals surface area contributed by atoms with Crippen LogP contribution in [0.5, 0.6) is 0 Å². The van der Waals surface area contributed by atoms with Crippen LogP contribution < -0.4 is 10.9 Å². The van der Waals surface area contributed by atoms with Crippen molar-refractivity contribution >= 4 is 29.3 Å². The van der Waals surface area contributed by atoms with E-state index in [1.54, 1.807) is 23.9 Å². The molecule has 1 aromatic heterocycles. The number of pyridine rings is 1. The summed E-state index contributed by atoms with van der Waals surface area (Å²) >= 11 is 7.81. The molecule has 3 rings (SSSR count). The van der Waals surface area contributed by atoms with Crippen molar-refractivity contribution in [3.05, 3.63) is 63.0 Å². The van der Waals surface area contributed by atoms with Gasteiger partial charge in [0.05, 0.1) is 6.04 Å². The molecule has 0 saturated heterocycles. The third kappa shape index (κ3) is 3.14. The summed E-state index contributed by atoms with van der Waals surface area (Å²) in [6, 6.07) is 10.2. The fraction of sp³-hybridized carbons (Fsp3) is 0.200. The zero-order chi connectivity index (χ0) is 14.8. The molecule has 1 amide bonds. The Morgan fingerprint density at radius 1 is 1.33 bits per heavy atom. The second-order valence-electron chi connectivity index (χ2n) is 4.77. The topological polar surface area (TPSA) is 62.0 Å². The van der Waals surface area contributed by atoms with Crippen LogP contribution in [0.25, 0.3) is 0 Å². The van der Waals surface area contributed by atoms with E-state index in [9.17, 15) is 9.59 Å². The molecule has 1 atom stereocenters. The number of amides is 1. The van der Waals surface area contributed by atoms with Crippen LogP contribution >= 0.6 is 23.4 Å². The minimum Gasteiger partial charge on any atom is -0.344 e. The highest BCUT2D eigenvalue weighted by Crippen LogP contribution is 2.37. The highest BCUT2D eigenvalue weighted by atomic mass is 35.5. The van der Waals surface area contributed by atoms with Gasteiger partial charge in [0.1, 0.15) is 5.69 Å². The zero-order valence-corrected chi connectivity index (χ0v) is 12.6. The Kier molecular flexibility index (Phi) is 4.03. The lowest BCUT2D eigenvalue weighted by Gasteiger charge is -2.26. The number of hydrogen-bond donors (Lipinski definition) is 2. The third-order valence-corrected chi connectivity index (χ3v) is 4.69. The monoisotopic (exact) mass is 320 g/mol. The summed E-state index contributed by atoms with van der Waals surface area (Å²) < 4.78 is 0. The predicted octanol–water partition coefficient (Wildman–Crippen LogP) is 3.00. The van der Waals surface area contributed by atoms with Gasteiger partial charge in [-0.05, 0) is 36.2 Å². The molecule has 2 heterocycles. The maximum absolute atomic E-state index is 12.2. The predicted molar refractivity (Wildman–Crippen MR) is 84.1 cm³/mol. The molecular weight excluding hydrogens is 308 g/mol. The van der Waals surface area contributed by atoms with Crippen LogP contribution in [0.4, 0.5) is 0 Å². The van der Waals surface area contributed by atoms with Gasteiger partial charge >= 0.3 is 0 Å². The third-order valence-electron chi connectivity index (χ3n) is 3.33. The number of aromatic nitrogens is 1. The average Bonchev–Trinajstić information content (AvgIpc) is 2.48. The van der Waals surface area contributed by atoms with E-state index in [0.717, 1.165) is 22.6 Å². The van der Waals surface area contributed by atoms with Crippen molar-refractivity contribution in [2.24, 2.45) is 0 Å². The first kappa shape index (κ1) is 14.2. The van der Waals surface area contributed by atoms with Gasteiger partial charge in [-0.2, -0.15) is 0 Å². The number of rotatable bonds is 2. The van der Waals surface area contributed by atoms with Gasteiger partial charge in [-0.25, -0.2) is 0 Å². The van der Waals surface area contributed by atoms with Crippen molar-refractivity contribution in [2.75, 3.05) is 5.75 Å². The number of aromatic amines is 1. The maximum atomic E-state index is 12.2. The molecule has 0 fully saturated rings. The highest BCUT2D eigenvalue weighted by molar-refractivity contribution is 7.99. The Morgan fingerprint density at radius 2 is 2.19 bits per heavy atom. The van der Waals surface area contributed by atoms with Crippen LogP contribution in [-0.2, 0) is 0 Å². The fourth-order valence-corrected chi connectivity index (χ4v) is 3.62. The zero-order valence-electron chi connectivity index (χ0n) is 11.1. The van der Waals surface area contributed by atoms with E-state index in [4.69, 9.17) is 11.6 Å². The lowest BCUT2D eigenvalue weighted by Crippen LogP contribution is -2.32. The lowest BCUT2D eigenvalue weighted by atomic mass is 10.0. The van der Waals surface area contributed by atoms with Gasteiger partial charge in [-0.1, -0.05) is 17.7 Å². The molecule has 6 heteroatoms. The molecule has 0 aliphatic carbocycles. The maximum Gasteiger partial charge on any atom is 0.268 e. The van der Waals surface area contributed by atoms with Gasteiger partial charge in [0.25, 0.3) is 5.91 Å². The summed E-state index contributed by atoms with van der Waals surface area (Å²) in [6.07, 6.45) is 0.834. The van der Waals surface area contributed by atoms with Crippen molar-refractivity contribution < 1.29 is 4.79 Å². The first-order chi connectivity index (χ1) is 10.1. The molecule has 1 aromatic carbocycles. The summed E-state index contributed by atoms with van der Waals surface area (Å²) in [7, 11) is 0. The van der Waals surface area contributed by atoms with Crippen LogP contribution in [0.2, 0.25) is 5.02 Å². The largest absolute Gasteiger partial charge is 0.344 e. The molecule has 1 unspecified atom stereocenters. The van der Waals surface area contributed by atoms with E-state index >= 15 is 0 Å². The van der Waals surface area contributed by atoms with Gasteiger partial charge in [0.15, 0.2) is 0 Å². The number of fused-ring (bicyclic) bond motifs is 1. The Bertz CT molecular complexity index is 744. The number of halogens is 1. The average molecular weight is 321 g/mol. The van der Waals surface area contributed by atoms with Crippen molar-refractivity contribution in [3.63, 3.8) is 0 Å². The Balaban J connectivity index is 1.85. The van der Waals surface area contributed by atoms with Crippen molar-refractivity contribution in [3.8, 4) is 0 Å². The molecule has 0 spiro atoms. The number of thioether (sulfide) groups is 1. The van der Waals surface area contributed by atoms with Crippen LogP contribution in [0.15, 0.2) is 46.1 Å². The minimum atomic E-state index is -0.287. The van der Waals surface area contributed by atoms with Crippen molar-refractivity contribution in [1.29, 1.82) is 0 Å². The van der Waals surface area contributed by atoms with Gasteiger partial charge in [0, 0.05) is 21.7 Å². The number of benzene rings is 1. The molecule has 21 heavy (non-hydrogen) atoms. The molecule has 108 valence electrons. The summed E-state index contributed by atoms with van der Waals surface area (Å²) in [5.41, 5.74) is 1.01. The number of carbonyl (C=O) groups is 1. The number of nitrogens with one attached hydrogen (secondary N) is 2. The molecular formula is C15H13ClN2O2S. The van der Waals surface area contributed by atoms with E-state index in [1.165, 1.54) is 6.07 Å². The van der Waals surface area contributed by atoms with Crippen LogP contribution in [0.3, 0.4) is 0 Å². The summed E-state index contributed by atoms with van der Waals surface area (Å²) in [5.74, 6) is 0.653. The number of H-pyrrole nitrogens is 1. The van der Waals surface area contributed by atoms with Gasteiger partial charge in [-0.3, -0.25) is 9.59 Å². The quantitative estimate of drug-likeness (QED) is 0.894. The smallest absolute Gasteiger partial charge is 0.268 e. The first-order valence-corrected chi connectivity index (χ1v) is 7.92. The molecule has 1 aliphatic rings. The second kappa shape index (κ2) is 5.95. The number of carbonyl (C=O) groups excluding carboxylic acids is 1. The normalized spacial score (nSPS) is 17.1. The van der Waals surface area contributed by atoms with E-state index in [1.807, 2.05) is 18.2 Å². The highest BCUT2D eigenvalue weighted by Gasteiger charge is 2.23. The van der Waals surface area contributed by atoms with E-state index in [-0.39, 0.29) is 23.2 Å². The molecule has 2 aromatic rings. The van der Waals surface area contributed by atoms with Crippen LogP contribution in [0.1, 0.15) is 28.5 Å². The lowest BCUT2D eigenvalue weighted by molar-refractivity contribution is 0.0929. The van der Waals surface area contributed by atoms with Crippen LogP contribution in [-0.4, -0.2) is 16.6 Å². The molecule has 4 nitrogen and oxygen atoms in total. The Labute approximate surface area is 130 Å². The minimum absolute atomic E-state index is 0.0869. The fourth-order valence-electron chi connectivity index (χ4n) is 2.33. The van der Waals surface area contributed by atoms with Gasteiger partial charge in [0.2, 0.25) is 5.56 Å². The van der Waals surface area contributed by atoms with E-state index in [2.05, 4.69) is 10.3 Å². The first-order valence-electron chi connectivity index (χ1n) is 6.56. The van der Waals surface area contributed by atoms with Crippen LogP contribution in [0, 0.1) is 0 Å². The number of hydrogen-bond acceptors (Lipinski definition) is 3. The van der Waals surface area contributed by atoms with Gasteiger partial charge < -0.3 is 10.3 Å². The second-order valence-corrected chi connectivity index (χ2v) is 6.35. The Hall–Kier alpha value is -1.72. The molecule has 0 radical (unpaired) electrons. The van der Waals surface area contributed by atoms with Crippen molar-refractivity contribution in [1.82, 2.24) is 10.3 Å². The Morgan fingerprint density at radius 3 is 3.00 bits per heavy atom. The summed E-state index contributed by atoms with van der Waals surface area (Å²) in [6.45, 7) is 0. The molecule has 1 aliphatic heterocycles. The SMILES string of the molecule is O=C(NC1CCSc2ccc(Cl)cc21)c1cccc(=O)[nH]1. The van der Waals surface area contributed by atoms with E-state index in [0.29, 0.717) is 5.02 Å². The molecule has 2 N–H and O–H groups in total. The van der Waals surface area contributed by atoms with Crippen molar-refractivity contribution in [2.45, 2.75) is 17.4 Å². The summed E-state index contributed by atoms with van der Waals surface area (Å²) in [4.78, 5) is 27.2. The summed E-state index contributed by atoms with van der Waals surface area (Å²) in [5, 5.41) is 3.62.